The zero-order chi connectivity index (χ0) is 15.3. The molecule has 2 saturated carbocycles. The molecule has 2 nitrogen and oxygen atoms in total. The molecule has 3 aliphatic carbocycles. The average Bonchev–Trinajstić information content (AvgIpc) is 2.48. The van der Waals surface area contributed by atoms with Crippen LogP contribution < -0.4 is 0 Å². The summed E-state index contributed by atoms with van der Waals surface area (Å²) < 4.78 is 0. The minimum absolute atomic E-state index is 0.127. The number of fused-ring (bicyclic) bond motifs is 3. The summed E-state index contributed by atoms with van der Waals surface area (Å²) in [4.78, 5) is 23.4. The highest BCUT2D eigenvalue weighted by Gasteiger charge is 2.56. The van der Waals surface area contributed by atoms with Gasteiger partial charge in [0.2, 0.25) is 0 Å². The van der Waals surface area contributed by atoms with E-state index in [-0.39, 0.29) is 16.2 Å². The molecule has 5 atom stereocenters. The van der Waals surface area contributed by atoms with Crippen molar-refractivity contribution in [2.24, 2.45) is 28.1 Å². The largest absolute Gasteiger partial charge is 0.303 e. The van der Waals surface area contributed by atoms with E-state index < -0.39 is 0 Å². The molecule has 0 amide bonds. The molecule has 0 aromatic rings. The summed E-state index contributed by atoms with van der Waals surface area (Å²) in [7, 11) is 0. The van der Waals surface area contributed by atoms with Crippen LogP contribution in [0.4, 0.5) is 0 Å². The third kappa shape index (κ3) is 1.98. The minimum atomic E-state index is -0.187. The molecule has 0 spiro atoms. The van der Waals surface area contributed by atoms with Crippen molar-refractivity contribution in [2.45, 2.75) is 65.7 Å². The van der Waals surface area contributed by atoms with Crippen LogP contribution in [0.1, 0.15) is 65.7 Å². The van der Waals surface area contributed by atoms with Crippen LogP contribution >= 0.6 is 0 Å². The van der Waals surface area contributed by atoms with Gasteiger partial charge in [-0.1, -0.05) is 38.8 Å². The van der Waals surface area contributed by atoms with Gasteiger partial charge in [-0.3, -0.25) is 0 Å². The van der Waals surface area contributed by atoms with Crippen LogP contribution in [0.2, 0.25) is 0 Å². The maximum atomic E-state index is 11.7. The lowest BCUT2D eigenvalue weighted by atomic mass is 9.45. The summed E-state index contributed by atoms with van der Waals surface area (Å²) in [6, 6.07) is 0. The van der Waals surface area contributed by atoms with E-state index in [2.05, 4.69) is 26.8 Å². The molecule has 0 radical (unpaired) electrons. The second-order valence-electron chi connectivity index (χ2n) is 8.40. The van der Waals surface area contributed by atoms with E-state index in [1.54, 1.807) is 0 Å². The summed E-state index contributed by atoms with van der Waals surface area (Å²) in [6.07, 6.45) is 12.3. The first-order valence-electron chi connectivity index (χ1n) is 8.53. The fraction of sp³-hybridized carbons (Fsp3) is 0.789. The first-order valence-corrected chi connectivity index (χ1v) is 8.53. The predicted molar refractivity (Wildman–Crippen MR) is 83.8 cm³/mol. The van der Waals surface area contributed by atoms with E-state index in [9.17, 15) is 9.59 Å². The van der Waals surface area contributed by atoms with E-state index in [1.807, 2.05) is 0 Å². The zero-order valence-electron chi connectivity index (χ0n) is 13.7. The first kappa shape index (κ1) is 15.0. The predicted octanol–water partition coefficient (Wildman–Crippen LogP) is 4.33. The van der Waals surface area contributed by atoms with E-state index in [4.69, 9.17) is 0 Å². The number of hydrogen-bond acceptors (Lipinski definition) is 2. The Morgan fingerprint density at radius 1 is 1.00 bits per heavy atom. The zero-order valence-corrected chi connectivity index (χ0v) is 13.7. The second-order valence-corrected chi connectivity index (χ2v) is 8.40. The highest BCUT2D eigenvalue weighted by atomic mass is 16.1. The summed E-state index contributed by atoms with van der Waals surface area (Å²) >= 11 is 0. The molecular weight excluding hydrogens is 260 g/mol. The third-order valence-corrected chi connectivity index (χ3v) is 7.14. The molecule has 0 heterocycles. The van der Waals surface area contributed by atoms with Gasteiger partial charge in [0, 0.05) is 10.8 Å². The van der Waals surface area contributed by atoms with Crippen LogP contribution in [-0.2, 0) is 9.59 Å². The van der Waals surface area contributed by atoms with Crippen molar-refractivity contribution in [3.63, 3.8) is 0 Å². The van der Waals surface area contributed by atoms with E-state index >= 15 is 0 Å². The number of allylic oxidation sites excluding steroid dienone is 2. The molecule has 3 aliphatic rings. The highest BCUT2D eigenvalue weighted by molar-refractivity contribution is 5.63. The summed E-state index contributed by atoms with van der Waals surface area (Å²) in [5.41, 5.74) is 1.27. The quantitative estimate of drug-likeness (QED) is 0.560. The molecule has 1 unspecified atom stereocenters. The van der Waals surface area contributed by atoms with Gasteiger partial charge in [0.1, 0.15) is 12.6 Å². The van der Waals surface area contributed by atoms with Crippen molar-refractivity contribution >= 4 is 12.6 Å². The van der Waals surface area contributed by atoms with Crippen molar-refractivity contribution in [2.75, 3.05) is 0 Å². The van der Waals surface area contributed by atoms with E-state index in [1.165, 1.54) is 24.6 Å². The molecule has 0 saturated heterocycles. The van der Waals surface area contributed by atoms with E-state index in [0.29, 0.717) is 11.8 Å². The molecule has 0 aromatic carbocycles. The summed E-state index contributed by atoms with van der Waals surface area (Å²) in [5.74, 6) is 0.853. The Bertz CT molecular complexity index is 494. The van der Waals surface area contributed by atoms with Gasteiger partial charge in [0.25, 0.3) is 0 Å². The Kier molecular flexibility index (Phi) is 3.42. The number of hydrogen-bond donors (Lipinski definition) is 0. The number of rotatable bonds is 2. The number of carbonyl (C=O) groups excluding carboxylic acids is 2. The molecular formula is C19H28O2. The van der Waals surface area contributed by atoms with E-state index in [0.717, 1.165) is 38.5 Å². The monoisotopic (exact) mass is 288 g/mol. The SMILES string of the molecule is C[C@@]12CCC[C@@](C)(C=O)C1CC[C@H]1C2=CCC[C@@]1(C)C=O. The van der Waals surface area contributed by atoms with Crippen LogP contribution in [0.5, 0.6) is 0 Å². The van der Waals surface area contributed by atoms with Gasteiger partial charge in [-0.05, 0) is 55.8 Å². The lowest BCUT2D eigenvalue weighted by Crippen LogP contribution is -2.52. The van der Waals surface area contributed by atoms with Gasteiger partial charge in [0.15, 0.2) is 0 Å². The van der Waals surface area contributed by atoms with Gasteiger partial charge in [-0.2, -0.15) is 0 Å². The average molecular weight is 288 g/mol. The Labute approximate surface area is 128 Å². The molecule has 0 bridgehead atoms. The van der Waals surface area contributed by atoms with Crippen LogP contribution in [0.15, 0.2) is 11.6 Å². The highest BCUT2D eigenvalue weighted by Crippen LogP contribution is 2.64. The van der Waals surface area contributed by atoms with Gasteiger partial charge in [-0.25, -0.2) is 0 Å². The van der Waals surface area contributed by atoms with Crippen molar-refractivity contribution < 1.29 is 9.59 Å². The van der Waals surface area contributed by atoms with Crippen molar-refractivity contribution in [1.29, 1.82) is 0 Å². The van der Waals surface area contributed by atoms with Gasteiger partial charge in [-0.15, -0.1) is 0 Å². The Balaban J connectivity index is 2.04. The summed E-state index contributed by atoms with van der Waals surface area (Å²) in [5, 5.41) is 0. The van der Waals surface area contributed by atoms with Gasteiger partial charge < -0.3 is 9.59 Å². The fourth-order valence-electron chi connectivity index (χ4n) is 5.85. The van der Waals surface area contributed by atoms with Crippen LogP contribution in [0.3, 0.4) is 0 Å². The topological polar surface area (TPSA) is 34.1 Å². The molecule has 0 aromatic heterocycles. The smallest absolute Gasteiger partial charge is 0.126 e. The maximum Gasteiger partial charge on any atom is 0.126 e. The molecule has 0 aliphatic heterocycles. The van der Waals surface area contributed by atoms with Gasteiger partial charge >= 0.3 is 0 Å². The summed E-state index contributed by atoms with van der Waals surface area (Å²) in [6.45, 7) is 6.67. The normalized spacial score (nSPS) is 49.6. The first-order chi connectivity index (χ1) is 9.89. The number of carbonyl (C=O) groups is 2. The molecule has 3 rings (SSSR count). The number of aldehydes is 2. The van der Waals surface area contributed by atoms with Gasteiger partial charge in [0.05, 0.1) is 0 Å². The molecule has 0 N–H and O–H groups in total. The Morgan fingerprint density at radius 2 is 1.71 bits per heavy atom. The van der Waals surface area contributed by atoms with Crippen molar-refractivity contribution in [3.8, 4) is 0 Å². The Morgan fingerprint density at radius 3 is 2.38 bits per heavy atom. The maximum absolute atomic E-state index is 11.7. The molecule has 116 valence electrons. The van der Waals surface area contributed by atoms with Crippen LogP contribution in [-0.4, -0.2) is 12.6 Å². The molecule has 21 heavy (non-hydrogen) atoms. The molecule has 2 fully saturated rings. The third-order valence-electron chi connectivity index (χ3n) is 7.14. The van der Waals surface area contributed by atoms with Crippen molar-refractivity contribution in [1.82, 2.24) is 0 Å². The fourth-order valence-corrected chi connectivity index (χ4v) is 5.85. The lowest BCUT2D eigenvalue weighted by Gasteiger charge is -2.59. The van der Waals surface area contributed by atoms with Crippen LogP contribution in [0.25, 0.3) is 0 Å². The Hall–Kier alpha value is -0.920. The minimum Gasteiger partial charge on any atom is -0.303 e. The second kappa shape index (κ2) is 4.79. The molecule has 2 heteroatoms. The lowest BCUT2D eigenvalue weighted by molar-refractivity contribution is -0.129. The van der Waals surface area contributed by atoms with Crippen molar-refractivity contribution in [3.05, 3.63) is 11.6 Å². The standard InChI is InChI=1S/C19H28O2/c1-17(12-20)9-4-6-15-14(17)7-8-16-18(2,13-21)10-5-11-19(15,16)3/h6,12-14,16H,4-5,7-11H2,1-3H3/t14-,16?,17-,18-,19-/m0/s1. The van der Waals surface area contributed by atoms with Crippen LogP contribution in [0, 0.1) is 28.1 Å².